The maximum absolute atomic E-state index is 13.7. The monoisotopic (exact) mass is 356 g/mol. The molecule has 134 valence electrons. The van der Waals surface area contributed by atoms with Crippen LogP contribution in [0.2, 0.25) is 0 Å². The second-order valence-electron chi connectivity index (χ2n) is 6.10. The van der Waals surface area contributed by atoms with Gasteiger partial charge in [-0.3, -0.25) is 4.79 Å². The third-order valence-electron chi connectivity index (χ3n) is 4.30. The lowest BCUT2D eigenvalue weighted by molar-refractivity contribution is 0.0765. The Morgan fingerprint density at radius 2 is 2.12 bits per heavy atom. The fraction of sp³-hybridized carbons (Fsp3) is 0.278. The van der Waals surface area contributed by atoms with Crippen LogP contribution in [0.3, 0.4) is 0 Å². The third kappa shape index (κ3) is 2.83. The Kier molecular flexibility index (Phi) is 3.95. The van der Waals surface area contributed by atoms with Gasteiger partial charge in [-0.05, 0) is 31.2 Å². The highest BCUT2D eigenvalue weighted by atomic mass is 19.1. The number of hydrogen-bond donors (Lipinski definition) is 0. The molecule has 1 aliphatic rings. The van der Waals surface area contributed by atoms with Gasteiger partial charge in [0.1, 0.15) is 24.3 Å². The average molecular weight is 356 g/mol. The van der Waals surface area contributed by atoms with Gasteiger partial charge in [-0.15, -0.1) is 5.10 Å². The first kappa shape index (κ1) is 16.3. The zero-order valence-electron chi connectivity index (χ0n) is 14.3. The number of likely N-dealkylation sites (N-methyl/N-ethyl adjacent to an activating group) is 1. The van der Waals surface area contributed by atoms with Gasteiger partial charge in [0.2, 0.25) is 5.88 Å². The van der Waals surface area contributed by atoms with Gasteiger partial charge in [-0.2, -0.15) is 0 Å². The van der Waals surface area contributed by atoms with Crippen LogP contribution in [0.15, 0.2) is 36.5 Å². The van der Waals surface area contributed by atoms with Crippen molar-refractivity contribution < 1.29 is 18.7 Å². The van der Waals surface area contributed by atoms with Crippen molar-refractivity contribution in [2.45, 2.75) is 13.0 Å². The lowest BCUT2D eigenvalue weighted by Gasteiger charge is -2.19. The summed E-state index contributed by atoms with van der Waals surface area (Å²) in [5, 5.41) is 4.36. The smallest absolute Gasteiger partial charge is 0.274 e. The summed E-state index contributed by atoms with van der Waals surface area (Å²) < 4.78 is 26.8. The number of aromatic nitrogens is 3. The molecule has 0 aliphatic carbocycles. The predicted molar refractivity (Wildman–Crippen MR) is 90.9 cm³/mol. The average Bonchev–Trinajstić information content (AvgIpc) is 3.04. The molecular formula is C18H17FN4O3. The normalized spacial score (nSPS) is 17.7. The van der Waals surface area contributed by atoms with Gasteiger partial charge in [0, 0.05) is 18.7 Å². The molecule has 3 heterocycles. The molecule has 0 fully saturated rings. The van der Waals surface area contributed by atoms with Crippen molar-refractivity contribution in [1.29, 1.82) is 0 Å². The first-order valence-corrected chi connectivity index (χ1v) is 8.22. The van der Waals surface area contributed by atoms with E-state index in [0.717, 1.165) is 0 Å². The van der Waals surface area contributed by atoms with Crippen LogP contribution in [0.5, 0.6) is 11.6 Å². The van der Waals surface area contributed by atoms with E-state index in [4.69, 9.17) is 9.47 Å². The number of fused-ring (bicyclic) bond motifs is 2. The third-order valence-corrected chi connectivity index (χ3v) is 4.30. The Hall–Kier alpha value is -3.16. The van der Waals surface area contributed by atoms with Gasteiger partial charge in [0.25, 0.3) is 5.91 Å². The zero-order valence-corrected chi connectivity index (χ0v) is 14.3. The summed E-state index contributed by atoms with van der Waals surface area (Å²) in [5.74, 6) is 0.215. The molecule has 26 heavy (non-hydrogen) atoms. The van der Waals surface area contributed by atoms with Crippen LogP contribution in [-0.4, -0.2) is 45.6 Å². The van der Waals surface area contributed by atoms with Crippen molar-refractivity contribution in [2.24, 2.45) is 0 Å². The second kappa shape index (κ2) is 6.29. The van der Waals surface area contributed by atoms with Crippen molar-refractivity contribution in [3.63, 3.8) is 0 Å². The zero-order chi connectivity index (χ0) is 18.3. The molecule has 1 atom stereocenters. The SMILES string of the molecule is CC1Oc2ccc3ncc(n3n2)C(=O)N(C)CCOc2ccc(F)cc21. The van der Waals surface area contributed by atoms with E-state index in [2.05, 4.69) is 10.1 Å². The van der Waals surface area contributed by atoms with E-state index in [1.807, 2.05) is 0 Å². The number of nitrogens with zero attached hydrogens (tertiary/aromatic N) is 4. The number of halogens is 1. The van der Waals surface area contributed by atoms with Crippen molar-refractivity contribution in [2.75, 3.05) is 20.2 Å². The van der Waals surface area contributed by atoms with Crippen LogP contribution < -0.4 is 9.47 Å². The molecule has 8 heteroatoms. The lowest BCUT2D eigenvalue weighted by atomic mass is 10.1. The number of benzene rings is 1. The molecular weight excluding hydrogens is 339 g/mol. The summed E-state index contributed by atoms with van der Waals surface area (Å²) in [6.45, 7) is 2.41. The number of ether oxygens (including phenoxy) is 2. The largest absolute Gasteiger partial charge is 0.491 e. The van der Waals surface area contributed by atoms with E-state index in [0.29, 0.717) is 35.1 Å². The molecule has 2 aromatic heterocycles. The highest BCUT2D eigenvalue weighted by Gasteiger charge is 2.21. The highest BCUT2D eigenvalue weighted by Crippen LogP contribution is 2.29. The Bertz CT molecular complexity index is 988. The first-order valence-electron chi connectivity index (χ1n) is 8.22. The predicted octanol–water partition coefficient (Wildman–Crippen LogP) is 2.47. The molecule has 1 unspecified atom stereocenters. The summed E-state index contributed by atoms with van der Waals surface area (Å²) in [6, 6.07) is 7.66. The fourth-order valence-electron chi connectivity index (χ4n) is 2.87. The standard InChI is InChI=1S/C18H17FN4O3/c1-11-13-9-12(19)3-4-15(13)25-8-7-22(2)18(24)14-10-20-16-5-6-17(26-11)21-23(14)16/h3-6,9-11H,7-8H2,1-2H3. The van der Waals surface area contributed by atoms with Gasteiger partial charge in [0.05, 0.1) is 12.7 Å². The van der Waals surface area contributed by atoms with E-state index in [1.165, 1.54) is 27.7 Å². The number of amides is 1. The fourth-order valence-corrected chi connectivity index (χ4v) is 2.87. The summed E-state index contributed by atoms with van der Waals surface area (Å²) in [5.41, 5.74) is 1.45. The number of rotatable bonds is 0. The Morgan fingerprint density at radius 3 is 2.96 bits per heavy atom. The molecule has 4 rings (SSSR count). The minimum absolute atomic E-state index is 0.225. The quantitative estimate of drug-likeness (QED) is 0.619. The van der Waals surface area contributed by atoms with Crippen molar-refractivity contribution >= 4 is 11.6 Å². The molecule has 3 aromatic rings. The molecule has 0 saturated heterocycles. The molecule has 7 nitrogen and oxygen atoms in total. The van der Waals surface area contributed by atoms with Crippen LogP contribution in [0.1, 0.15) is 29.1 Å². The molecule has 1 amide bonds. The lowest BCUT2D eigenvalue weighted by Crippen LogP contribution is -2.31. The summed E-state index contributed by atoms with van der Waals surface area (Å²) in [7, 11) is 1.68. The molecule has 2 bridgehead atoms. The topological polar surface area (TPSA) is 69.0 Å². The van der Waals surface area contributed by atoms with Gasteiger partial charge < -0.3 is 14.4 Å². The summed E-state index contributed by atoms with van der Waals surface area (Å²) >= 11 is 0. The van der Waals surface area contributed by atoms with Gasteiger partial charge in [-0.25, -0.2) is 13.9 Å². The first-order chi connectivity index (χ1) is 12.5. The van der Waals surface area contributed by atoms with Gasteiger partial charge in [-0.1, -0.05) is 0 Å². The van der Waals surface area contributed by atoms with E-state index < -0.39 is 6.10 Å². The molecule has 0 spiro atoms. The van der Waals surface area contributed by atoms with E-state index in [-0.39, 0.29) is 18.3 Å². The van der Waals surface area contributed by atoms with Gasteiger partial charge in [0.15, 0.2) is 11.3 Å². The Morgan fingerprint density at radius 1 is 1.27 bits per heavy atom. The Labute approximate surface area is 149 Å². The molecule has 0 saturated carbocycles. The minimum Gasteiger partial charge on any atom is -0.491 e. The maximum Gasteiger partial charge on any atom is 0.274 e. The molecule has 0 N–H and O–H groups in total. The summed E-state index contributed by atoms with van der Waals surface area (Å²) in [4.78, 5) is 18.4. The van der Waals surface area contributed by atoms with Crippen LogP contribution >= 0.6 is 0 Å². The van der Waals surface area contributed by atoms with Crippen LogP contribution in [-0.2, 0) is 0 Å². The van der Waals surface area contributed by atoms with Crippen molar-refractivity contribution in [1.82, 2.24) is 19.5 Å². The van der Waals surface area contributed by atoms with Crippen LogP contribution in [0, 0.1) is 5.82 Å². The Balaban J connectivity index is 1.82. The van der Waals surface area contributed by atoms with E-state index in [1.54, 1.807) is 32.2 Å². The number of carbonyl (C=O) groups excluding carboxylic acids is 1. The van der Waals surface area contributed by atoms with Crippen LogP contribution in [0.25, 0.3) is 5.65 Å². The number of carbonyl (C=O) groups is 1. The molecule has 1 aliphatic heterocycles. The second-order valence-corrected chi connectivity index (χ2v) is 6.10. The number of imidazole rings is 1. The van der Waals surface area contributed by atoms with Crippen LogP contribution in [0.4, 0.5) is 4.39 Å². The highest BCUT2D eigenvalue weighted by molar-refractivity contribution is 5.93. The van der Waals surface area contributed by atoms with Crippen molar-refractivity contribution in [3.8, 4) is 11.6 Å². The van der Waals surface area contributed by atoms with Gasteiger partial charge >= 0.3 is 0 Å². The van der Waals surface area contributed by atoms with E-state index >= 15 is 0 Å². The number of hydrogen-bond acceptors (Lipinski definition) is 5. The summed E-state index contributed by atoms with van der Waals surface area (Å²) in [6.07, 6.45) is 0.991. The molecule has 0 radical (unpaired) electrons. The van der Waals surface area contributed by atoms with E-state index in [9.17, 15) is 9.18 Å². The maximum atomic E-state index is 13.7. The minimum atomic E-state index is -0.494. The van der Waals surface area contributed by atoms with Crippen molar-refractivity contribution in [3.05, 3.63) is 53.6 Å². The molecule has 1 aromatic carbocycles.